The minimum Gasteiger partial charge on any atom is -0.469 e. The molecule has 0 bridgehead atoms. The van der Waals surface area contributed by atoms with Gasteiger partial charge in [-0.2, -0.15) is 0 Å². The highest BCUT2D eigenvalue weighted by Gasteiger charge is 2.11. The van der Waals surface area contributed by atoms with Crippen LogP contribution in [-0.4, -0.2) is 18.4 Å². The van der Waals surface area contributed by atoms with Crippen molar-refractivity contribution >= 4 is 21.9 Å². The number of hydrogen-bond donors (Lipinski definition) is 0. The molecule has 18 heavy (non-hydrogen) atoms. The predicted molar refractivity (Wildman–Crippen MR) is 77.8 cm³/mol. The van der Waals surface area contributed by atoms with E-state index in [2.05, 4.69) is 34.1 Å². The summed E-state index contributed by atoms with van der Waals surface area (Å²) < 4.78 is 4.73. The Morgan fingerprint density at radius 2 is 2.11 bits per heavy atom. The van der Waals surface area contributed by atoms with Gasteiger partial charge in [-0.25, -0.2) is 0 Å². The van der Waals surface area contributed by atoms with E-state index < -0.39 is 0 Å². The Labute approximate surface area is 117 Å². The molecule has 0 unspecified atom stereocenters. The lowest BCUT2D eigenvalue weighted by molar-refractivity contribution is -0.141. The topological polar surface area (TPSA) is 26.3 Å². The van der Waals surface area contributed by atoms with Gasteiger partial charge in [-0.15, -0.1) is 0 Å². The van der Waals surface area contributed by atoms with Gasteiger partial charge in [-0.1, -0.05) is 58.4 Å². The molecule has 0 spiro atoms. The average Bonchev–Trinajstić information content (AvgIpc) is 2.42. The lowest BCUT2D eigenvalue weighted by Gasteiger charge is -2.11. The summed E-state index contributed by atoms with van der Waals surface area (Å²) in [4.78, 5) is 11.3. The van der Waals surface area contributed by atoms with E-state index in [0.717, 1.165) is 18.2 Å². The third kappa shape index (κ3) is 6.01. The Morgan fingerprint density at radius 3 is 2.72 bits per heavy atom. The van der Waals surface area contributed by atoms with E-state index in [4.69, 9.17) is 4.74 Å². The van der Waals surface area contributed by atoms with Crippen molar-refractivity contribution in [2.24, 2.45) is 5.92 Å². The number of benzene rings is 1. The van der Waals surface area contributed by atoms with E-state index in [1.807, 2.05) is 24.3 Å². The summed E-state index contributed by atoms with van der Waals surface area (Å²) in [5.74, 6) is 0.0995. The fraction of sp³-hybridized carbons (Fsp3) is 0.400. The Kier molecular flexibility index (Phi) is 7.42. The molecule has 1 rings (SSSR count). The number of esters is 1. The van der Waals surface area contributed by atoms with Crippen LogP contribution in [0, 0.1) is 5.92 Å². The van der Waals surface area contributed by atoms with E-state index in [-0.39, 0.29) is 11.9 Å². The quantitative estimate of drug-likeness (QED) is 0.435. The molecule has 1 atom stereocenters. The van der Waals surface area contributed by atoms with Gasteiger partial charge in [-0.05, 0) is 24.3 Å². The van der Waals surface area contributed by atoms with Crippen LogP contribution in [0.15, 0.2) is 42.5 Å². The van der Waals surface area contributed by atoms with Crippen molar-refractivity contribution in [2.45, 2.75) is 19.3 Å². The number of carbonyl (C=O) groups excluding carboxylic acids is 1. The molecule has 3 heteroatoms. The Balaban J connectivity index is 2.50. The minimum absolute atomic E-state index is 0.146. The molecule has 0 heterocycles. The lowest BCUT2D eigenvalue weighted by Crippen LogP contribution is -2.09. The maximum atomic E-state index is 11.3. The molecule has 0 N–H and O–H groups in total. The molecule has 0 aliphatic rings. The Hall–Kier alpha value is -1.09. The smallest absolute Gasteiger partial charge is 0.306 e. The zero-order valence-electron chi connectivity index (χ0n) is 10.6. The fourth-order valence-electron chi connectivity index (χ4n) is 1.80. The summed E-state index contributed by atoms with van der Waals surface area (Å²) in [6.07, 6.45) is 6.53. The van der Waals surface area contributed by atoms with Crippen LogP contribution in [0.3, 0.4) is 0 Å². The first-order chi connectivity index (χ1) is 8.76. The van der Waals surface area contributed by atoms with E-state index in [9.17, 15) is 4.79 Å². The molecule has 0 saturated carbocycles. The van der Waals surface area contributed by atoms with E-state index in [0.29, 0.717) is 6.42 Å². The van der Waals surface area contributed by atoms with Crippen LogP contribution in [-0.2, 0) is 16.0 Å². The van der Waals surface area contributed by atoms with Gasteiger partial charge in [0.2, 0.25) is 0 Å². The van der Waals surface area contributed by atoms with Crippen molar-refractivity contribution in [3.8, 4) is 0 Å². The number of methoxy groups -OCH3 is 1. The van der Waals surface area contributed by atoms with Gasteiger partial charge >= 0.3 is 5.97 Å². The van der Waals surface area contributed by atoms with Gasteiger partial charge in [0.1, 0.15) is 0 Å². The number of aryl methyl sites for hydroxylation is 1. The standard InChI is InChI=1S/C15H19BrO2/c1-18-15(17)12-14(8-5-11-16)10-9-13-6-3-2-4-7-13/h2-8,14H,9-12H2,1H3/b8-5+/t14-/m1/s1. The summed E-state index contributed by atoms with van der Waals surface area (Å²) in [6.45, 7) is 0. The van der Waals surface area contributed by atoms with E-state index in [1.165, 1.54) is 12.7 Å². The molecule has 0 fully saturated rings. The fourth-order valence-corrected chi connectivity index (χ4v) is 2.02. The van der Waals surface area contributed by atoms with Crippen LogP contribution in [0.1, 0.15) is 18.4 Å². The highest BCUT2D eigenvalue weighted by atomic mass is 79.9. The van der Waals surface area contributed by atoms with Crippen molar-refractivity contribution < 1.29 is 9.53 Å². The monoisotopic (exact) mass is 310 g/mol. The van der Waals surface area contributed by atoms with Crippen molar-refractivity contribution in [2.75, 3.05) is 12.4 Å². The van der Waals surface area contributed by atoms with Gasteiger partial charge in [-0.3, -0.25) is 4.79 Å². The number of hydrogen-bond acceptors (Lipinski definition) is 2. The number of alkyl halides is 1. The first kappa shape index (κ1) is 15.0. The maximum absolute atomic E-state index is 11.3. The first-order valence-corrected chi connectivity index (χ1v) is 7.21. The highest BCUT2D eigenvalue weighted by molar-refractivity contribution is 9.09. The largest absolute Gasteiger partial charge is 0.469 e. The van der Waals surface area contributed by atoms with Crippen molar-refractivity contribution in [3.05, 3.63) is 48.0 Å². The average molecular weight is 311 g/mol. The second-order valence-electron chi connectivity index (χ2n) is 4.15. The second-order valence-corrected chi connectivity index (χ2v) is 4.79. The zero-order valence-corrected chi connectivity index (χ0v) is 12.2. The van der Waals surface area contributed by atoms with Crippen LogP contribution in [0.2, 0.25) is 0 Å². The maximum Gasteiger partial charge on any atom is 0.306 e. The lowest BCUT2D eigenvalue weighted by atomic mass is 9.96. The van der Waals surface area contributed by atoms with Gasteiger partial charge in [0.15, 0.2) is 0 Å². The molecule has 2 nitrogen and oxygen atoms in total. The van der Waals surface area contributed by atoms with Crippen LogP contribution in [0.4, 0.5) is 0 Å². The summed E-state index contributed by atoms with van der Waals surface area (Å²) in [5.41, 5.74) is 1.31. The molecule has 0 aliphatic heterocycles. The van der Waals surface area contributed by atoms with Crippen LogP contribution in [0.5, 0.6) is 0 Å². The summed E-state index contributed by atoms with van der Waals surface area (Å²) in [7, 11) is 1.44. The SMILES string of the molecule is COC(=O)C[C@H](/C=C/CBr)CCc1ccccc1. The number of rotatable bonds is 7. The van der Waals surface area contributed by atoms with Crippen LogP contribution >= 0.6 is 15.9 Å². The van der Waals surface area contributed by atoms with Gasteiger partial charge < -0.3 is 4.74 Å². The third-order valence-corrected chi connectivity index (χ3v) is 3.17. The second kappa shape index (κ2) is 8.92. The Bertz CT molecular complexity index is 373. The molecular weight excluding hydrogens is 292 g/mol. The minimum atomic E-state index is -0.146. The van der Waals surface area contributed by atoms with Crippen molar-refractivity contribution in [3.63, 3.8) is 0 Å². The number of ether oxygens (including phenoxy) is 1. The molecule has 0 radical (unpaired) electrons. The predicted octanol–water partition coefficient (Wildman–Crippen LogP) is 3.75. The summed E-state index contributed by atoms with van der Waals surface area (Å²) >= 11 is 3.35. The normalized spacial score (nSPS) is 12.6. The molecular formula is C15H19BrO2. The van der Waals surface area contributed by atoms with Gasteiger partial charge in [0, 0.05) is 5.33 Å². The van der Waals surface area contributed by atoms with Gasteiger partial charge in [0.05, 0.1) is 13.5 Å². The highest BCUT2D eigenvalue weighted by Crippen LogP contribution is 2.16. The third-order valence-electron chi connectivity index (χ3n) is 2.80. The van der Waals surface area contributed by atoms with Gasteiger partial charge in [0.25, 0.3) is 0 Å². The summed E-state index contributed by atoms with van der Waals surface area (Å²) in [6, 6.07) is 10.3. The number of carbonyl (C=O) groups is 1. The molecule has 0 aliphatic carbocycles. The molecule has 1 aromatic carbocycles. The molecule has 0 aromatic heterocycles. The molecule has 0 amide bonds. The zero-order chi connectivity index (χ0) is 13.2. The number of halogens is 1. The van der Waals surface area contributed by atoms with E-state index >= 15 is 0 Å². The summed E-state index contributed by atoms with van der Waals surface area (Å²) in [5, 5.41) is 0.815. The van der Waals surface area contributed by atoms with Crippen LogP contribution < -0.4 is 0 Å². The first-order valence-electron chi connectivity index (χ1n) is 6.09. The molecule has 98 valence electrons. The molecule has 0 saturated heterocycles. The van der Waals surface area contributed by atoms with Crippen molar-refractivity contribution in [1.82, 2.24) is 0 Å². The van der Waals surface area contributed by atoms with Crippen molar-refractivity contribution in [1.29, 1.82) is 0 Å². The Morgan fingerprint density at radius 1 is 1.39 bits per heavy atom. The van der Waals surface area contributed by atoms with Crippen LogP contribution in [0.25, 0.3) is 0 Å². The number of allylic oxidation sites excluding steroid dienone is 2. The molecule has 1 aromatic rings. The van der Waals surface area contributed by atoms with E-state index in [1.54, 1.807) is 0 Å².